The highest BCUT2D eigenvalue weighted by atomic mass is 32.1. The van der Waals surface area contributed by atoms with Crippen molar-refractivity contribution in [3.8, 4) is 5.75 Å². The van der Waals surface area contributed by atoms with E-state index in [0.717, 1.165) is 16.2 Å². The highest BCUT2D eigenvalue weighted by Gasteiger charge is 2.13. The van der Waals surface area contributed by atoms with Gasteiger partial charge >= 0.3 is 5.97 Å². The van der Waals surface area contributed by atoms with Crippen LogP contribution in [0.25, 0.3) is 0 Å². The highest BCUT2D eigenvalue weighted by molar-refractivity contribution is 7.09. The molecule has 0 aliphatic carbocycles. The lowest BCUT2D eigenvalue weighted by Crippen LogP contribution is -2.28. The van der Waals surface area contributed by atoms with Crippen LogP contribution in [0.4, 0.5) is 0 Å². The van der Waals surface area contributed by atoms with E-state index in [1.54, 1.807) is 18.4 Å². The van der Waals surface area contributed by atoms with Crippen LogP contribution in [0.5, 0.6) is 5.75 Å². The smallest absolute Gasteiger partial charge is 0.317 e. The molecule has 20 heavy (non-hydrogen) atoms. The maximum absolute atomic E-state index is 11.0. The van der Waals surface area contributed by atoms with Gasteiger partial charge in [0.1, 0.15) is 5.75 Å². The number of rotatable bonds is 7. The fraction of sp³-hybridized carbons (Fsp3) is 0.267. The van der Waals surface area contributed by atoms with Crippen LogP contribution in [-0.2, 0) is 17.9 Å². The van der Waals surface area contributed by atoms with Crippen molar-refractivity contribution in [1.82, 2.24) is 4.90 Å². The van der Waals surface area contributed by atoms with Crippen molar-refractivity contribution in [2.45, 2.75) is 13.1 Å². The molecule has 1 aromatic heterocycles. The third-order valence-corrected chi connectivity index (χ3v) is 3.77. The van der Waals surface area contributed by atoms with Crippen molar-refractivity contribution in [1.29, 1.82) is 0 Å². The van der Waals surface area contributed by atoms with E-state index < -0.39 is 5.97 Å². The van der Waals surface area contributed by atoms with Crippen molar-refractivity contribution in [2.24, 2.45) is 0 Å². The van der Waals surface area contributed by atoms with Crippen LogP contribution < -0.4 is 4.74 Å². The zero-order valence-corrected chi connectivity index (χ0v) is 12.1. The fourth-order valence-electron chi connectivity index (χ4n) is 2.06. The Bertz CT molecular complexity index is 554. The van der Waals surface area contributed by atoms with Crippen molar-refractivity contribution < 1.29 is 14.6 Å². The van der Waals surface area contributed by atoms with E-state index in [0.29, 0.717) is 13.1 Å². The van der Waals surface area contributed by atoms with E-state index in [-0.39, 0.29) is 6.54 Å². The molecular formula is C15H17NO3S. The van der Waals surface area contributed by atoms with Gasteiger partial charge in [-0.3, -0.25) is 9.69 Å². The van der Waals surface area contributed by atoms with Crippen molar-refractivity contribution in [3.05, 3.63) is 52.2 Å². The summed E-state index contributed by atoms with van der Waals surface area (Å²) in [7, 11) is 1.62. The Balaban J connectivity index is 2.12. The summed E-state index contributed by atoms with van der Waals surface area (Å²) in [4.78, 5) is 14.1. The zero-order valence-electron chi connectivity index (χ0n) is 11.3. The Morgan fingerprint density at radius 3 is 2.70 bits per heavy atom. The lowest BCUT2D eigenvalue weighted by Gasteiger charge is -2.20. The number of hydrogen-bond acceptors (Lipinski definition) is 4. The Kier molecular flexibility index (Phi) is 5.15. The Morgan fingerprint density at radius 1 is 1.25 bits per heavy atom. The van der Waals surface area contributed by atoms with Gasteiger partial charge in [0.05, 0.1) is 13.7 Å². The molecule has 106 valence electrons. The molecule has 0 saturated heterocycles. The maximum atomic E-state index is 11.0. The summed E-state index contributed by atoms with van der Waals surface area (Å²) in [6, 6.07) is 11.7. The number of thiophene rings is 1. The van der Waals surface area contributed by atoms with Gasteiger partial charge in [0.2, 0.25) is 0 Å². The zero-order chi connectivity index (χ0) is 14.4. The summed E-state index contributed by atoms with van der Waals surface area (Å²) in [5.41, 5.74) is 0.993. The van der Waals surface area contributed by atoms with E-state index in [1.165, 1.54) is 0 Å². The van der Waals surface area contributed by atoms with Crippen LogP contribution in [-0.4, -0.2) is 29.6 Å². The Morgan fingerprint density at radius 2 is 2.05 bits per heavy atom. The molecule has 0 saturated carbocycles. The predicted octanol–water partition coefficient (Wildman–Crippen LogP) is 2.84. The van der Waals surface area contributed by atoms with E-state index in [2.05, 4.69) is 0 Å². The molecule has 1 N–H and O–H groups in total. The molecule has 2 aromatic rings. The SMILES string of the molecule is COc1ccccc1CN(CC(=O)O)Cc1cccs1. The molecule has 0 amide bonds. The van der Waals surface area contributed by atoms with Crippen LogP contribution in [0.1, 0.15) is 10.4 Å². The first-order valence-corrected chi connectivity index (χ1v) is 7.15. The number of ether oxygens (including phenoxy) is 1. The van der Waals surface area contributed by atoms with Crippen molar-refractivity contribution in [3.63, 3.8) is 0 Å². The Labute approximate surface area is 122 Å². The van der Waals surface area contributed by atoms with Crippen LogP contribution in [0.2, 0.25) is 0 Å². The first-order valence-electron chi connectivity index (χ1n) is 6.27. The molecular weight excluding hydrogens is 274 g/mol. The summed E-state index contributed by atoms with van der Waals surface area (Å²) in [5.74, 6) is -0.0366. The molecule has 1 heterocycles. The van der Waals surface area contributed by atoms with Crippen LogP contribution in [0, 0.1) is 0 Å². The minimum absolute atomic E-state index is 0.00987. The number of methoxy groups -OCH3 is 1. The monoisotopic (exact) mass is 291 g/mol. The Hall–Kier alpha value is -1.85. The summed E-state index contributed by atoms with van der Waals surface area (Å²) in [6.07, 6.45) is 0. The molecule has 1 aromatic carbocycles. The molecule has 0 atom stereocenters. The second kappa shape index (κ2) is 7.07. The standard InChI is InChI=1S/C15H17NO3S/c1-19-14-7-3-2-5-12(14)9-16(11-15(17)18)10-13-6-4-8-20-13/h2-8H,9-11H2,1H3,(H,17,18). The van der Waals surface area contributed by atoms with Gasteiger partial charge in [-0.25, -0.2) is 0 Å². The molecule has 2 rings (SSSR count). The van der Waals surface area contributed by atoms with Gasteiger partial charge in [-0.1, -0.05) is 24.3 Å². The van der Waals surface area contributed by atoms with Crippen molar-refractivity contribution >= 4 is 17.3 Å². The third-order valence-electron chi connectivity index (χ3n) is 2.90. The number of nitrogens with zero attached hydrogens (tertiary/aromatic N) is 1. The average Bonchev–Trinajstić information content (AvgIpc) is 2.91. The van der Waals surface area contributed by atoms with Gasteiger partial charge in [-0.2, -0.15) is 0 Å². The number of para-hydroxylation sites is 1. The molecule has 0 fully saturated rings. The topological polar surface area (TPSA) is 49.8 Å². The number of aliphatic carboxylic acids is 1. The summed E-state index contributed by atoms with van der Waals surface area (Å²) < 4.78 is 5.31. The molecule has 4 nitrogen and oxygen atoms in total. The summed E-state index contributed by atoms with van der Waals surface area (Å²) >= 11 is 1.63. The van der Waals surface area contributed by atoms with Crippen molar-refractivity contribution in [2.75, 3.05) is 13.7 Å². The largest absolute Gasteiger partial charge is 0.496 e. The fourth-order valence-corrected chi connectivity index (χ4v) is 2.80. The maximum Gasteiger partial charge on any atom is 0.317 e. The van der Waals surface area contributed by atoms with Gasteiger partial charge in [0, 0.05) is 23.5 Å². The number of carboxylic acids is 1. The number of hydrogen-bond donors (Lipinski definition) is 1. The van der Waals surface area contributed by atoms with Gasteiger partial charge < -0.3 is 9.84 Å². The number of carbonyl (C=O) groups is 1. The third kappa shape index (κ3) is 4.08. The van der Waals surface area contributed by atoms with Crippen LogP contribution in [0.15, 0.2) is 41.8 Å². The number of carboxylic acid groups (broad SMARTS) is 1. The first-order chi connectivity index (χ1) is 9.69. The van der Waals surface area contributed by atoms with Crippen LogP contribution in [0.3, 0.4) is 0 Å². The van der Waals surface area contributed by atoms with E-state index >= 15 is 0 Å². The molecule has 5 heteroatoms. The molecule has 0 spiro atoms. The average molecular weight is 291 g/mol. The highest BCUT2D eigenvalue weighted by Crippen LogP contribution is 2.21. The summed E-state index contributed by atoms with van der Waals surface area (Å²) in [5, 5.41) is 11.0. The molecule has 0 radical (unpaired) electrons. The minimum Gasteiger partial charge on any atom is -0.496 e. The quantitative estimate of drug-likeness (QED) is 0.852. The lowest BCUT2D eigenvalue weighted by atomic mass is 10.2. The van der Waals surface area contributed by atoms with Gasteiger partial charge in [0.15, 0.2) is 0 Å². The minimum atomic E-state index is -0.823. The van der Waals surface area contributed by atoms with E-state index in [1.807, 2.05) is 46.7 Å². The predicted molar refractivity (Wildman–Crippen MR) is 79.1 cm³/mol. The molecule has 0 bridgehead atoms. The van der Waals surface area contributed by atoms with Crippen LogP contribution >= 0.6 is 11.3 Å². The van der Waals surface area contributed by atoms with Gasteiger partial charge in [-0.15, -0.1) is 11.3 Å². The van der Waals surface area contributed by atoms with E-state index in [9.17, 15) is 4.79 Å². The molecule has 0 unspecified atom stereocenters. The lowest BCUT2D eigenvalue weighted by molar-refractivity contribution is -0.138. The first kappa shape index (κ1) is 14.6. The summed E-state index contributed by atoms with van der Waals surface area (Å²) in [6.45, 7) is 1.19. The molecule has 0 aliphatic heterocycles. The normalized spacial score (nSPS) is 10.7. The second-order valence-electron chi connectivity index (χ2n) is 4.43. The van der Waals surface area contributed by atoms with Gasteiger partial charge in [-0.05, 0) is 17.5 Å². The number of benzene rings is 1. The molecule has 0 aliphatic rings. The van der Waals surface area contributed by atoms with E-state index in [4.69, 9.17) is 9.84 Å². The van der Waals surface area contributed by atoms with Gasteiger partial charge in [0.25, 0.3) is 0 Å². The second-order valence-corrected chi connectivity index (χ2v) is 5.46.